The average molecular weight is 302 g/mol. The van der Waals surface area contributed by atoms with Gasteiger partial charge in [-0.1, -0.05) is 11.3 Å². The number of aryl methyl sites for hydroxylation is 2. The Bertz CT molecular complexity index is 860. The normalized spacial score (nSPS) is 14.7. The summed E-state index contributed by atoms with van der Waals surface area (Å²) in [6, 6.07) is 1.68. The van der Waals surface area contributed by atoms with E-state index in [4.69, 9.17) is 0 Å². The molecular formula is C13H14N6OS. The highest BCUT2D eigenvalue weighted by Gasteiger charge is 2.22. The molecule has 21 heavy (non-hydrogen) atoms. The minimum atomic E-state index is -0.0693. The van der Waals surface area contributed by atoms with Crippen molar-refractivity contribution >= 4 is 21.4 Å². The first kappa shape index (κ1) is 12.5. The molecule has 0 fully saturated rings. The third kappa shape index (κ3) is 2.02. The van der Waals surface area contributed by atoms with Gasteiger partial charge in [0.05, 0.1) is 17.6 Å². The fourth-order valence-corrected chi connectivity index (χ4v) is 3.54. The van der Waals surface area contributed by atoms with Crippen LogP contribution < -0.4 is 10.5 Å². The van der Waals surface area contributed by atoms with E-state index in [0.29, 0.717) is 6.54 Å². The van der Waals surface area contributed by atoms with Gasteiger partial charge >= 0.3 is 0 Å². The monoisotopic (exact) mass is 302 g/mol. The molecular weight excluding hydrogens is 288 g/mol. The van der Waals surface area contributed by atoms with E-state index in [2.05, 4.69) is 20.1 Å². The Morgan fingerprint density at radius 1 is 1.33 bits per heavy atom. The maximum absolute atomic E-state index is 11.7. The van der Waals surface area contributed by atoms with Crippen LogP contribution in [0.5, 0.6) is 0 Å². The molecule has 0 spiro atoms. The molecule has 0 aliphatic carbocycles. The van der Waals surface area contributed by atoms with Gasteiger partial charge in [-0.3, -0.25) is 4.79 Å². The predicted molar refractivity (Wildman–Crippen MR) is 79.8 cm³/mol. The summed E-state index contributed by atoms with van der Waals surface area (Å²) in [4.78, 5) is 19.2. The molecule has 7 nitrogen and oxygen atoms in total. The molecule has 0 atom stereocenters. The van der Waals surface area contributed by atoms with Crippen LogP contribution in [0, 0.1) is 6.92 Å². The van der Waals surface area contributed by atoms with Crippen LogP contribution in [0.25, 0.3) is 4.96 Å². The average Bonchev–Trinajstić information content (AvgIpc) is 2.96. The first-order valence-electron chi connectivity index (χ1n) is 6.74. The Hall–Kier alpha value is -2.22. The van der Waals surface area contributed by atoms with Gasteiger partial charge < -0.3 is 4.90 Å². The molecule has 108 valence electrons. The summed E-state index contributed by atoms with van der Waals surface area (Å²) >= 11 is 1.57. The zero-order chi connectivity index (χ0) is 14.6. The Labute approximate surface area is 124 Å². The van der Waals surface area contributed by atoms with E-state index in [1.54, 1.807) is 24.5 Å². The predicted octanol–water partition coefficient (Wildman–Crippen LogP) is 0.756. The topological polar surface area (TPSA) is 68.3 Å². The number of hydrogen-bond donors (Lipinski definition) is 0. The summed E-state index contributed by atoms with van der Waals surface area (Å²) in [6.45, 7) is 3.49. The summed E-state index contributed by atoms with van der Waals surface area (Å²) in [5.41, 5.74) is 2.90. The number of nitrogens with zero attached hydrogens (tertiary/aromatic N) is 6. The zero-order valence-corrected chi connectivity index (χ0v) is 12.6. The first-order valence-corrected chi connectivity index (χ1v) is 7.56. The van der Waals surface area contributed by atoms with Gasteiger partial charge in [0, 0.05) is 38.2 Å². The maximum atomic E-state index is 11.7. The minimum Gasteiger partial charge on any atom is -0.342 e. The van der Waals surface area contributed by atoms with Crippen molar-refractivity contribution in [2.75, 3.05) is 11.4 Å². The number of aromatic nitrogens is 5. The molecule has 0 bridgehead atoms. The zero-order valence-electron chi connectivity index (χ0n) is 11.8. The Morgan fingerprint density at radius 3 is 3.00 bits per heavy atom. The van der Waals surface area contributed by atoms with Crippen molar-refractivity contribution in [2.45, 2.75) is 19.9 Å². The van der Waals surface area contributed by atoms with Crippen molar-refractivity contribution in [1.29, 1.82) is 0 Å². The van der Waals surface area contributed by atoms with E-state index in [1.807, 2.05) is 17.6 Å². The van der Waals surface area contributed by atoms with E-state index in [1.165, 1.54) is 4.68 Å². The van der Waals surface area contributed by atoms with Crippen LogP contribution >= 0.6 is 11.3 Å². The summed E-state index contributed by atoms with van der Waals surface area (Å²) in [7, 11) is 1.69. The molecule has 0 aromatic carbocycles. The smallest absolute Gasteiger partial charge is 0.266 e. The largest absolute Gasteiger partial charge is 0.342 e. The lowest BCUT2D eigenvalue weighted by Gasteiger charge is -2.27. The molecule has 8 heteroatoms. The Morgan fingerprint density at radius 2 is 2.19 bits per heavy atom. The van der Waals surface area contributed by atoms with Crippen molar-refractivity contribution < 1.29 is 0 Å². The van der Waals surface area contributed by atoms with Crippen molar-refractivity contribution in [2.24, 2.45) is 7.05 Å². The molecule has 3 aromatic heterocycles. The molecule has 4 rings (SSSR count). The number of hydrogen-bond acceptors (Lipinski definition) is 6. The molecule has 0 unspecified atom stereocenters. The van der Waals surface area contributed by atoms with Gasteiger partial charge in [0.1, 0.15) is 0 Å². The van der Waals surface area contributed by atoms with Crippen LogP contribution in [0.2, 0.25) is 0 Å². The highest BCUT2D eigenvalue weighted by Crippen LogP contribution is 2.27. The third-order valence-electron chi connectivity index (χ3n) is 3.66. The summed E-state index contributed by atoms with van der Waals surface area (Å²) in [6.07, 6.45) is 2.74. The van der Waals surface area contributed by atoms with E-state index in [0.717, 1.165) is 40.0 Å². The standard InChI is InChI=1S/C13H14N6OS/c1-8-6-19-12(14-8)21-13(16-19)18-4-3-10-9(7-18)5-11(20)17(2)15-10/h5-6H,3-4,7H2,1-2H3. The number of anilines is 1. The molecule has 0 saturated heterocycles. The van der Waals surface area contributed by atoms with Crippen LogP contribution in [0.4, 0.5) is 5.13 Å². The molecule has 4 heterocycles. The van der Waals surface area contributed by atoms with Crippen molar-refractivity contribution in [3.05, 3.63) is 39.6 Å². The summed E-state index contributed by atoms with van der Waals surface area (Å²) < 4.78 is 3.21. The summed E-state index contributed by atoms with van der Waals surface area (Å²) in [5.74, 6) is 0. The van der Waals surface area contributed by atoms with E-state index in [9.17, 15) is 4.79 Å². The van der Waals surface area contributed by atoms with Gasteiger partial charge in [-0.25, -0.2) is 14.2 Å². The SMILES string of the molecule is Cc1cn2nc(N3CCc4nn(C)c(=O)cc4C3)sc2n1. The van der Waals surface area contributed by atoms with Gasteiger partial charge in [-0.2, -0.15) is 5.10 Å². The Kier molecular flexibility index (Phi) is 2.61. The van der Waals surface area contributed by atoms with E-state index < -0.39 is 0 Å². The van der Waals surface area contributed by atoms with Gasteiger partial charge in [0.2, 0.25) is 10.1 Å². The molecule has 0 N–H and O–H groups in total. The lowest BCUT2D eigenvalue weighted by atomic mass is 10.1. The second kappa shape index (κ2) is 4.39. The van der Waals surface area contributed by atoms with Crippen molar-refractivity contribution in [3.63, 3.8) is 0 Å². The van der Waals surface area contributed by atoms with Crippen LogP contribution in [-0.4, -0.2) is 30.9 Å². The molecule has 0 radical (unpaired) electrons. The van der Waals surface area contributed by atoms with Crippen LogP contribution in [0.15, 0.2) is 17.1 Å². The molecule has 1 aliphatic heterocycles. The second-order valence-electron chi connectivity index (χ2n) is 5.24. The number of rotatable bonds is 1. The molecule has 1 aliphatic rings. The van der Waals surface area contributed by atoms with Gasteiger partial charge in [-0.15, -0.1) is 5.10 Å². The number of imidazole rings is 1. The Balaban J connectivity index is 1.69. The molecule has 0 saturated carbocycles. The fraction of sp³-hybridized carbons (Fsp3) is 0.385. The minimum absolute atomic E-state index is 0.0693. The molecule has 0 amide bonds. The van der Waals surface area contributed by atoms with E-state index >= 15 is 0 Å². The molecule has 3 aromatic rings. The van der Waals surface area contributed by atoms with Gasteiger partial charge in [-0.05, 0) is 6.92 Å². The maximum Gasteiger partial charge on any atom is 0.266 e. The highest BCUT2D eigenvalue weighted by molar-refractivity contribution is 7.20. The third-order valence-corrected chi connectivity index (χ3v) is 4.64. The van der Waals surface area contributed by atoms with Gasteiger partial charge in [0.15, 0.2) is 0 Å². The first-order chi connectivity index (χ1) is 10.1. The van der Waals surface area contributed by atoms with Crippen molar-refractivity contribution in [1.82, 2.24) is 24.4 Å². The van der Waals surface area contributed by atoms with Crippen molar-refractivity contribution in [3.8, 4) is 0 Å². The van der Waals surface area contributed by atoms with Crippen LogP contribution in [0.1, 0.15) is 17.0 Å². The number of fused-ring (bicyclic) bond motifs is 2. The second-order valence-corrected chi connectivity index (χ2v) is 6.18. The van der Waals surface area contributed by atoms with Gasteiger partial charge in [0.25, 0.3) is 5.56 Å². The summed E-state index contributed by atoms with van der Waals surface area (Å²) in [5, 5.41) is 9.83. The highest BCUT2D eigenvalue weighted by atomic mass is 32.1. The quantitative estimate of drug-likeness (QED) is 0.664. The van der Waals surface area contributed by atoms with E-state index in [-0.39, 0.29) is 5.56 Å². The lowest BCUT2D eigenvalue weighted by molar-refractivity contribution is 0.622. The fourth-order valence-electron chi connectivity index (χ4n) is 2.58. The van der Waals surface area contributed by atoms with Crippen LogP contribution in [-0.2, 0) is 20.0 Å². The lowest BCUT2D eigenvalue weighted by Crippen LogP contribution is -2.34. The van der Waals surface area contributed by atoms with Crippen LogP contribution in [0.3, 0.4) is 0 Å².